The summed E-state index contributed by atoms with van der Waals surface area (Å²) in [5, 5.41) is 12.7. The molecular weight excluding hydrogens is 374 g/mol. The molecule has 4 rings (SSSR count). The summed E-state index contributed by atoms with van der Waals surface area (Å²) in [6, 6.07) is 8.08. The van der Waals surface area contributed by atoms with Gasteiger partial charge in [-0.2, -0.15) is 0 Å². The quantitative estimate of drug-likeness (QED) is 0.539. The number of hydrogen-bond donors (Lipinski definition) is 3. The molecule has 2 atom stereocenters. The number of aromatic nitrogens is 4. The molecule has 29 heavy (non-hydrogen) atoms. The number of H-pyrrole nitrogens is 1. The summed E-state index contributed by atoms with van der Waals surface area (Å²) >= 11 is 0. The first-order valence-corrected chi connectivity index (χ1v) is 9.58. The molecule has 1 aromatic carbocycles. The molecule has 1 aliphatic heterocycles. The van der Waals surface area contributed by atoms with Crippen molar-refractivity contribution in [1.29, 1.82) is 0 Å². The summed E-state index contributed by atoms with van der Waals surface area (Å²) in [6.45, 7) is 0.856. The number of rotatable bonds is 7. The Morgan fingerprint density at radius 3 is 2.86 bits per heavy atom. The molecular formula is C19H23N7O3. The van der Waals surface area contributed by atoms with Gasteiger partial charge in [0.25, 0.3) is 5.91 Å². The largest absolute Gasteiger partial charge is 0.349 e. The molecule has 3 heterocycles. The Labute approximate surface area is 167 Å². The van der Waals surface area contributed by atoms with Gasteiger partial charge >= 0.3 is 0 Å². The van der Waals surface area contributed by atoms with Crippen LogP contribution in [0.25, 0.3) is 11.0 Å². The van der Waals surface area contributed by atoms with Crippen molar-refractivity contribution in [2.45, 2.75) is 37.9 Å². The van der Waals surface area contributed by atoms with E-state index in [4.69, 9.17) is 0 Å². The van der Waals surface area contributed by atoms with Crippen LogP contribution < -0.4 is 10.6 Å². The smallest absolute Gasteiger partial charge is 0.275 e. The van der Waals surface area contributed by atoms with E-state index in [0.717, 1.165) is 29.7 Å². The molecule has 3 N–H and O–H groups in total. The van der Waals surface area contributed by atoms with Crippen molar-refractivity contribution in [3.05, 3.63) is 42.0 Å². The minimum absolute atomic E-state index is 0.0133. The molecule has 0 bridgehead atoms. The van der Waals surface area contributed by atoms with Crippen LogP contribution in [0.5, 0.6) is 0 Å². The number of amides is 2. The predicted molar refractivity (Wildman–Crippen MR) is 104 cm³/mol. The zero-order valence-corrected chi connectivity index (χ0v) is 16.1. The molecule has 1 saturated heterocycles. The summed E-state index contributed by atoms with van der Waals surface area (Å²) in [5.74, 6) is 0.412. The van der Waals surface area contributed by atoms with Gasteiger partial charge in [-0.05, 0) is 37.2 Å². The Morgan fingerprint density at radius 2 is 2.07 bits per heavy atom. The Bertz CT molecular complexity index is 952. The number of carbonyl (C=O) groups is 2. The third-order valence-electron chi connectivity index (χ3n) is 5.39. The number of likely N-dealkylation sites (N-methyl/N-ethyl adjacent to an activating group) is 1. The SMILES string of the molecule is CN1[C@@H](CC(=O)NCc2nc3ccccc3[nH]2)CC[C@H]1CNC(=O)c1cnon1. The van der Waals surface area contributed by atoms with Crippen molar-refractivity contribution >= 4 is 22.8 Å². The molecule has 0 unspecified atom stereocenters. The van der Waals surface area contributed by atoms with Gasteiger partial charge in [0.2, 0.25) is 5.91 Å². The van der Waals surface area contributed by atoms with Crippen LogP contribution in [0.2, 0.25) is 0 Å². The van der Waals surface area contributed by atoms with E-state index in [1.807, 2.05) is 31.3 Å². The maximum atomic E-state index is 12.4. The number of likely N-dealkylation sites (tertiary alicyclic amines) is 1. The second kappa shape index (κ2) is 8.39. The minimum Gasteiger partial charge on any atom is -0.349 e. The Morgan fingerprint density at radius 1 is 1.24 bits per heavy atom. The van der Waals surface area contributed by atoms with Crippen LogP contribution in [0, 0.1) is 0 Å². The van der Waals surface area contributed by atoms with Gasteiger partial charge < -0.3 is 15.6 Å². The average molecular weight is 397 g/mol. The number of nitrogens with zero attached hydrogens (tertiary/aromatic N) is 4. The third-order valence-corrected chi connectivity index (χ3v) is 5.39. The lowest BCUT2D eigenvalue weighted by molar-refractivity contribution is -0.122. The highest BCUT2D eigenvalue weighted by molar-refractivity contribution is 5.91. The fraction of sp³-hybridized carbons (Fsp3) is 0.421. The lowest BCUT2D eigenvalue weighted by Crippen LogP contribution is -2.42. The number of hydrogen-bond acceptors (Lipinski definition) is 7. The summed E-state index contributed by atoms with van der Waals surface area (Å²) in [4.78, 5) is 34.2. The molecule has 1 aliphatic rings. The fourth-order valence-electron chi connectivity index (χ4n) is 3.71. The monoisotopic (exact) mass is 397 g/mol. The van der Waals surface area contributed by atoms with Gasteiger partial charge in [0, 0.05) is 25.0 Å². The van der Waals surface area contributed by atoms with Crippen molar-refractivity contribution in [2.24, 2.45) is 0 Å². The standard InChI is InChI=1S/C19H23N7O3/c1-26-12(6-7-13(26)9-21-19(28)16-10-22-29-25-16)8-18(27)20-11-17-23-14-4-2-3-5-15(14)24-17/h2-5,10,12-13H,6-9,11H2,1H3,(H,20,27)(H,21,28)(H,23,24)/t12-,13+/m1/s1. The molecule has 3 aromatic rings. The molecule has 0 aliphatic carbocycles. The van der Waals surface area contributed by atoms with Crippen molar-refractivity contribution in [2.75, 3.05) is 13.6 Å². The van der Waals surface area contributed by atoms with Crippen LogP contribution in [0.3, 0.4) is 0 Å². The molecule has 1 fully saturated rings. The first kappa shape index (κ1) is 19.1. The van der Waals surface area contributed by atoms with Gasteiger partial charge in [-0.1, -0.05) is 17.3 Å². The van der Waals surface area contributed by atoms with Gasteiger partial charge in [0.1, 0.15) is 12.0 Å². The van der Waals surface area contributed by atoms with Crippen molar-refractivity contribution in [1.82, 2.24) is 35.8 Å². The summed E-state index contributed by atoms with van der Waals surface area (Å²) in [5.41, 5.74) is 2.00. The number of fused-ring (bicyclic) bond motifs is 1. The van der Waals surface area contributed by atoms with Crippen molar-refractivity contribution in [3.63, 3.8) is 0 Å². The first-order valence-electron chi connectivity index (χ1n) is 9.58. The molecule has 0 saturated carbocycles. The maximum absolute atomic E-state index is 12.4. The Balaban J connectivity index is 1.23. The van der Waals surface area contributed by atoms with E-state index < -0.39 is 0 Å². The number of carbonyl (C=O) groups excluding carboxylic acids is 2. The summed E-state index contributed by atoms with van der Waals surface area (Å²) < 4.78 is 4.44. The molecule has 2 amide bonds. The van der Waals surface area contributed by atoms with Crippen LogP contribution in [0.1, 0.15) is 35.6 Å². The third kappa shape index (κ3) is 4.43. The first-order chi connectivity index (χ1) is 14.1. The number of aromatic amines is 1. The zero-order valence-electron chi connectivity index (χ0n) is 16.1. The molecule has 0 spiro atoms. The highest BCUT2D eigenvalue weighted by atomic mass is 16.6. The van der Waals surface area contributed by atoms with Crippen molar-refractivity contribution in [3.8, 4) is 0 Å². The van der Waals surface area contributed by atoms with E-state index in [2.05, 4.69) is 40.4 Å². The fourth-order valence-corrected chi connectivity index (χ4v) is 3.71. The van der Waals surface area contributed by atoms with E-state index in [1.54, 1.807) is 0 Å². The van der Waals surface area contributed by atoms with Gasteiger partial charge in [-0.15, -0.1) is 0 Å². The number of nitrogens with one attached hydrogen (secondary N) is 3. The van der Waals surface area contributed by atoms with Gasteiger partial charge in [0.15, 0.2) is 5.69 Å². The highest BCUT2D eigenvalue weighted by Gasteiger charge is 2.32. The molecule has 0 radical (unpaired) electrons. The predicted octanol–water partition coefficient (Wildman–Crippen LogP) is 0.845. The minimum atomic E-state index is -0.313. The van der Waals surface area contributed by atoms with Crippen LogP contribution in [-0.4, -0.2) is 62.7 Å². The van der Waals surface area contributed by atoms with Crippen LogP contribution >= 0.6 is 0 Å². The second-order valence-corrected chi connectivity index (χ2v) is 7.23. The number of para-hydroxylation sites is 2. The molecule has 152 valence electrons. The van der Waals surface area contributed by atoms with E-state index in [0.29, 0.717) is 19.5 Å². The van der Waals surface area contributed by atoms with Gasteiger partial charge in [-0.3, -0.25) is 14.5 Å². The van der Waals surface area contributed by atoms with Crippen LogP contribution in [0.4, 0.5) is 0 Å². The summed E-state index contributed by atoms with van der Waals surface area (Å²) in [6.07, 6.45) is 3.51. The van der Waals surface area contributed by atoms with E-state index in [1.165, 1.54) is 6.20 Å². The van der Waals surface area contributed by atoms with Gasteiger partial charge in [-0.25, -0.2) is 9.61 Å². The molecule has 10 nitrogen and oxygen atoms in total. The highest BCUT2D eigenvalue weighted by Crippen LogP contribution is 2.24. The Hall–Kier alpha value is -3.27. The number of imidazole rings is 1. The zero-order chi connectivity index (χ0) is 20.2. The van der Waals surface area contributed by atoms with Crippen molar-refractivity contribution < 1.29 is 14.2 Å². The lowest BCUT2D eigenvalue weighted by atomic mass is 10.1. The van der Waals surface area contributed by atoms with E-state index in [9.17, 15) is 9.59 Å². The molecule has 2 aromatic heterocycles. The summed E-state index contributed by atoms with van der Waals surface area (Å²) in [7, 11) is 1.98. The Kier molecular flexibility index (Phi) is 5.52. The second-order valence-electron chi connectivity index (χ2n) is 7.23. The number of benzene rings is 1. The van der Waals surface area contributed by atoms with E-state index in [-0.39, 0.29) is 29.6 Å². The normalized spacial score (nSPS) is 19.5. The lowest BCUT2D eigenvalue weighted by Gasteiger charge is -2.25. The van der Waals surface area contributed by atoms with E-state index >= 15 is 0 Å². The van der Waals surface area contributed by atoms with Gasteiger partial charge in [0.05, 0.1) is 17.6 Å². The van der Waals surface area contributed by atoms with Crippen LogP contribution in [0.15, 0.2) is 35.1 Å². The van der Waals surface area contributed by atoms with Crippen LogP contribution in [-0.2, 0) is 11.3 Å². The topological polar surface area (TPSA) is 129 Å². The average Bonchev–Trinajstić information content (AvgIpc) is 3.46. The molecule has 10 heteroatoms. The maximum Gasteiger partial charge on any atom is 0.275 e.